The first-order chi connectivity index (χ1) is 9.31. The number of imide groups is 1. The normalized spacial score (nSPS) is 10.3. The Morgan fingerprint density at radius 2 is 1.80 bits per heavy atom. The number of hydrogen-bond acceptors (Lipinski definition) is 3. The summed E-state index contributed by atoms with van der Waals surface area (Å²) in [5.41, 5.74) is -0.302. The molecule has 0 aliphatic carbocycles. The van der Waals surface area contributed by atoms with E-state index < -0.39 is 23.2 Å². The zero-order chi connectivity index (χ0) is 15.4. The van der Waals surface area contributed by atoms with E-state index in [9.17, 15) is 18.4 Å². The van der Waals surface area contributed by atoms with Crippen molar-refractivity contribution in [2.75, 3.05) is 18.5 Å². The molecule has 1 rings (SSSR count). The van der Waals surface area contributed by atoms with Gasteiger partial charge < -0.3 is 4.90 Å². The van der Waals surface area contributed by atoms with Crippen molar-refractivity contribution in [2.45, 2.75) is 13.3 Å². The van der Waals surface area contributed by atoms with Crippen molar-refractivity contribution >= 4 is 41.2 Å². The SMILES string of the molecule is Cc1c(Cl)c(F)c(N(C)CCC(=O)NC=O)c(F)c1Cl. The van der Waals surface area contributed by atoms with Crippen LogP contribution in [-0.2, 0) is 9.59 Å². The van der Waals surface area contributed by atoms with E-state index in [4.69, 9.17) is 23.2 Å². The minimum absolute atomic E-state index is 0.0107. The number of anilines is 1. The van der Waals surface area contributed by atoms with Crippen LogP contribution < -0.4 is 10.2 Å². The molecule has 0 fully saturated rings. The third-order valence-electron chi connectivity index (χ3n) is 2.74. The van der Waals surface area contributed by atoms with Gasteiger partial charge >= 0.3 is 0 Å². The van der Waals surface area contributed by atoms with Crippen LogP contribution in [0, 0.1) is 18.6 Å². The quantitative estimate of drug-likeness (QED) is 0.669. The number of hydrogen-bond donors (Lipinski definition) is 1. The summed E-state index contributed by atoms with van der Waals surface area (Å²) in [5, 5.41) is 1.39. The average Bonchev–Trinajstić information content (AvgIpc) is 2.41. The molecule has 0 aliphatic rings. The molecule has 1 N–H and O–H groups in total. The summed E-state index contributed by atoms with van der Waals surface area (Å²) in [4.78, 5) is 22.4. The second kappa shape index (κ2) is 6.85. The number of amides is 2. The molecule has 0 radical (unpaired) electrons. The van der Waals surface area contributed by atoms with Gasteiger partial charge in [-0.3, -0.25) is 14.9 Å². The first-order valence-electron chi connectivity index (χ1n) is 5.58. The smallest absolute Gasteiger partial charge is 0.228 e. The number of halogens is 4. The molecule has 0 unspecified atom stereocenters. The van der Waals surface area contributed by atoms with Crippen molar-refractivity contribution in [2.24, 2.45) is 0 Å². The van der Waals surface area contributed by atoms with Crippen LogP contribution >= 0.6 is 23.2 Å². The number of rotatable bonds is 5. The van der Waals surface area contributed by atoms with Gasteiger partial charge in [0.25, 0.3) is 0 Å². The standard InChI is InChI=1S/C12H12Cl2F2N2O2/c1-6-8(13)10(15)12(11(16)9(6)14)18(2)4-3-7(20)17-5-19/h5H,3-4H2,1-2H3,(H,17,19,20). The van der Waals surface area contributed by atoms with Gasteiger partial charge in [0, 0.05) is 20.0 Å². The van der Waals surface area contributed by atoms with Gasteiger partial charge in [0.05, 0.1) is 10.0 Å². The van der Waals surface area contributed by atoms with Crippen molar-refractivity contribution in [1.29, 1.82) is 0 Å². The molecular weight excluding hydrogens is 313 g/mol. The number of nitrogens with one attached hydrogen (secondary N) is 1. The van der Waals surface area contributed by atoms with Crippen LogP contribution in [0.5, 0.6) is 0 Å². The second-order valence-electron chi connectivity index (χ2n) is 4.09. The Labute approximate surface area is 124 Å². The van der Waals surface area contributed by atoms with E-state index in [0.29, 0.717) is 0 Å². The van der Waals surface area contributed by atoms with Crippen molar-refractivity contribution in [1.82, 2.24) is 5.32 Å². The third-order valence-corrected chi connectivity index (χ3v) is 3.63. The summed E-state index contributed by atoms with van der Waals surface area (Å²) in [6, 6.07) is 0. The fraction of sp³-hybridized carbons (Fsp3) is 0.333. The topological polar surface area (TPSA) is 49.4 Å². The van der Waals surface area contributed by atoms with Gasteiger partial charge in [0.15, 0.2) is 11.6 Å². The van der Waals surface area contributed by atoms with E-state index in [2.05, 4.69) is 0 Å². The van der Waals surface area contributed by atoms with Crippen LogP contribution in [0.4, 0.5) is 14.5 Å². The van der Waals surface area contributed by atoms with Gasteiger partial charge in [-0.1, -0.05) is 23.2 Å². The lowest BCUT2D eigenvalue weighted by molar-refractivity contribution is -0.125. The number of carbonyl (C=O) groups is 2. The molecule has 0 heterocycles. The minimum atomic E-state index is -0.940. The summed E-state index contributed by atoms with van der Waals surface area (Å²) in [6.07, 6.45) is 0.125. The Hall–Kier alpha value is -1.40. The predicted octanol–water partition coefficient (Wildman–Crippen LogP) is 2.68. The summed E-state index contributed by atoms with van der Waals surface area (Å²) < 4.78 is 28.0. The number of benzene rings is 1. The highest BCUT2D eigenvalue weighted by atomic mass is 35.5. The molecule has 0 saturated carbocycles. The van der Waals surface area contributed by atoms with Crippen LogP contribution in [0.3, 0.4) is 0 Å². The molecule has 2 amide bonds. The zero-order valence-corrected chi connectivity index (χ0v) is 12.3. The highest BCUT2D eigenvalue weighted by Crippen LogP contribution is 2.37. The highest BCUT2D eigenvalue weighted by molar-refractivity contribution is 6.36. The molecule has 20 heavy (non-hydrogen) atoms. The van der Waals surface area contributed by atoms with Crippen LogP contribution in [-0.4, -0.2) is 25.9 Å². The number of carbonyl (C=O) groups excluding carboxylic acids is 2. The first-order valence-corrected chi connectivity index (χ1v) is 6.33. The summed E-state index contributed by atoms with van der Waals surface area (Å²) in [7, 11) is 1.39. The molecule has 0 saturated heterocycles. The maximum absolute atomic E-state index is 14.0. The van der Waals surface area contributed by atoms with Gasteiger partial charge in [-0.05, 0) is 12.5 Å². The molecule has 110 valence electrons. The molecule has 0 bridgehead atoms. The first kappa shape index (κ1) is 16.7. The van der Waals surface area contributed by atoms with E-state index >= 15 is 0 Å². The molecule has 1 aromatic carbocycles. The lowest BCUT2D eigenvalue weighted by atomic mass is 10.2. The Bertz CT molecular complexity index is 524. The van der Waals surface area contributed by atoms with E-state index in [-0.39, 0.29) is 35.0 Å². The predicted molar refractivity (Wildman–Crippen MR) is 73.2 cm³/mol. The fourth-order valence-corrected chi connectivity index (χ4v) is 2.00. The molecule has 4 nitrogen and oxygen atoms in total. The second-order valence-corrected chi connectivity index (χ2v) is 4.84. The van der Waals surface area contributed by atoms with Gasteiger partial charge in [-0.15, -0.1) is 0 Å². The molecule has 0 aliphatic heterocycles. The summed E-state index contributed by atoms with van der Waals surface area (Å²) in [6.45, 7) is 1.39. The lowest BCUT2D eigenvalue weighted by Gasteiger charge is -2.22. The average molecular weight is 325 g/mol. The Morgan fingerprint density at radius 3 is 2.25 bits per heavy atom. The van der Waals surface area contributed by atoms with Crippen molar-refractivity contribution in [3.05, 3.63) is 27.2 Å². The molecular formula is C12H12Cl2F2N2O2. The Morgan fingerprint density at radius 1 is 1.30 bits per heavy atom. The molecule has 0 atom stereocenters. The third kappa shape index (κ3) is 3.37. The maximum Gasteiger partial charge on any atom is 0.228 e. The van der Waals surface area contributed by atoms with Crippen molar-refractivity contribution in [3.63, 3.8) is 0 Å². The maximum atomic E-state index is 14.0. The zero-order valence-electron chi connectivity index (χ0n) is 10.8. The minimum Gasteiger partial charge on any atom is -0.369 e. The van der Waals surface area contributed by atoms with Gasteiger partial charge in [0.2, 0.25) is 12.3 Å². The summed E-state index contributed by atoms with van der Waals surface area (Å²) >= 11 is 11.5. The molecule has 0 spiro atoms. The lowest BCUT2D eigenvalue weighted by Crippen LogP contribution is -2.29. The molecule has 0 aromatic heterocycles. The Kier molecular flexibility index (Phi) is 5.71. The van der Waals surface area contributed by atoms with Crippen LogP contribution in [0.2, 0.25) is 10.0 Å². The van der Waals surface area contributed by atoms with Crippen LogP contribution in [0.15, 0.2) is 0 Å². The van der Waals surface area contributed by atoms with E-state index in [1.165, 1.54) is 18.9 Å². The Balaban J connectivity index is 3.02. The van der Waals surface area contributed by atoms with Crippen molar-refractivity contribution < 1.29 is 18.4 Å². The number of nitrogens with zero attached hydrogens (tertiary/aromatic N) is 1. The fourth-order valence-electron chi connectivity index (χ4n) is 1.58. The summed E-state index contributed by atoms with van der Waals surface area (Å²) in [5.74, 6) is -2.44. The van der Waals surface area contributed by atoms with Crippen LogP contribution in [0.1, 0.15) is 12.0 Å². The highest BCUT2D eigenvalue weighted by Gasteiger charge is 2.23. The van der Waals surface area contributed by atoms with Crippen LogP contribution in [0.25, 0.3) is 0 Å². The van der Waals surface area contributed by atoms with Gasteiger partial charge in [0.1, 0.15) is 5.69 Å². The van der Waals surface area contributed by atoms with Gasteiger partial charge in [-0.2, -0.15) is 0 Å². The monoisotopic (exact) mass is 324 g/mol. The molecule has 8 heteroatoms. The van der Waals surface area contributed by atoms with E-state index in [1.807, 2.05) is 5.32 Å². The van der Waals surface area contributed by atoms with E-state index in [1.54, 1.807) is 0 Å². The largest absolute Gasteiger partial charge is 0.369 e. The van der Waals surface area contributed by atoms with Crippen molar-refractivity contribution in [3.8, 4) is 0 Å². The molecule has 1 aromatic rings. The van der Waals surface area contributed by atoms with Gasteiger partial charge in [-0.25, -0.2) is 8.78 Å². The van der Waals surface area contributed by atoms with E-state index in [0.717, 1.165) is 0 Å².